The van der Waals surface area contributed by atoms with Gasteiger partial charge >= 0.3 is 11.7 Å². The van der Waals surface area contributed by atoms with Gasteiger partial charge in [-0.25, -0.2) is 24.5 Å². The number of benzene rings is 2. The van der Waals surface area contributed by atoms with E-state index in [1.807, 2.05) is 30.3 Å². The number of hydrogen-bond donors (Lipinski definition) is 3. The summed E-state index contributed by atoms with van der Waals surface area (Å²) in [5.74, 6) is 0.753. The Hall–Kier alpha value is -5.02. The van der Waals surface area contributed by atoms with Crippen molar-refractivity contribution >= 4 is 51.8 Å². The molecule has 3 aliphatic rings. The number of rotatable bonds is 8. The van der Waals surface area contributed by atoms with Crippen molar-refractivity contribution in [1.29, 1.82) is 0 Å². The van der Waals surface area contributed by atoms with Gasteiger partial charge in [-0.05, 0) is 37.0 Å². The molecule has 2 aromatic carbocycles. The van der Waals surface area contributed by atoms with Gasteiger partial charge in [-0.3, -0.25) is 18.8 Å². The van der Waals surface area contributed by atoms with Gasteiger partial charge in [-0.2, -0.15) is 0 Å². The van der Waals surface area contributed by atoms with Gasteiger partial charge in [0.05, 0.1) is 40.7 Å². The molecule has 53 heavy (non-hydrogen) atoms. The number of fused-ring (bicyclic) bond motifs is 2. The summed E-state index contributed by atoms with van der Waals surface area (Å²) >= 11 is 14.2. The number of aliphatic hydroxyl groups is 1. The zero-order valence-electron chi connectivity index (χ0n) is 29.3. The Morgan fingerprint density at radius 2 is 1.77 bits per heavy atom. The van der Waals surface area contributed by atoms with E-state index in [2.05, 4.69) is 31.6 Å². The molecule has 14 nitrogen and oxygen atoms in total. The first-order valence-corrected chi connectivity index (χ1v) is 18.0. The van der Waals surface area contributed by atoms with Crippen LogP contribution in [0.15, 0.2) is 58.4 Å². The minimum atomic E-state index is -0.532. The maximum Gasteiger partial charge on any atom is 0.332 e. The Bertz CT molecular complexity index is 2440. The normalized spacial score (nSPS) is 19.7. The number of ether oxygens (including phenoxy) is 1. The molecule has 1 aliphatic carbocycles. The second kappa shape index (κ2) is 13.4. The number of nitrogens with one attached hydrogen (secondary N) is 2. The van der Waals surface area contributed by atoms with Gasteiger partial charge < -0.3 is 25.4 Å². The summed E-state index contributed by atoms with van der Waals surface area (Å²) < 4.78 is 8.23. The number of amides is 2. The number of carbonyl (C=O) groups is 1. The first-order chi connectivity index (χ1) is 25.5. The van der Waals surface area contributed by atoms with Crippen LogP contribution in [0.3, 0.4) is 0 Å². The lowest BCUT2D eigenvalue weighted by atomic mass is 9.99. The molecule has 3 aromatic heterocycles. The van der Waals surface area contributed by atoms with Crippen LogP contribution in [0.1, 0.15) is 30.0 Å². The molecular weight excluding hydrogens is 721 g/mol. The average Bonchev–Trinajstić information content (AvgIpc) is 3.86. The lowest BCUT2D eigenvalue weighted by molar-refractivity contribution is 0.193. The number of likely N-dealkylation sites (tertiary alicyclic amines) is 1. The SMILES string of the molecule is COc1nc(-c2cccc(-c3cccc(Nc4ncnc5c4c(=O)n(C)c(=O)n5C)c3Cl)c2Cl)cc2c1C(N1CCC3(CN(CCO)C(=O)N3)C1)CC2. The van der Waals surface area contributed by atoms with Gasteiger partial charge in [0.2, 0.25) is 5.88 Å². The monoisotopic (exact) mass is 757 g/mol. The van der Waals surface area contributed by atoms with Crippen molar-refractivity contribution in [3.05, 3.63) is 90.8 Å². The minimum Gasteiger partial charge on any atom is -0.481 e. The van der Waals surface area contributed by atoms with Crippen LogP contribution < -0.4 is 26.6 Å². The predicted molar refractivity (Wildman–Crippen MR) is 202 cm³/mol. The van der Waals surface area contributed by atoms with Gasteiger partial charge in [0, 0.05) is 68.6 Å². The van der Waals surface area contributed by atoms with Gasteiger partial charge in [0.25, 0.3) is 5.56 Å². The first kappa shape index (κ1) is 35.0. The molecule has 5 heterocycles. The number of aliphatic hydroxyl groups excluding tert-OH is 1. The Balaban J connectivity index is 1.10. The maximum atomic E-state index is 13.1. The number of nitrogens with zero attached hydrogens (tertiary/aromatic N) is 7. The van der Waals surface area contributed by atoms with Crippen LogP contribution >= 0.6 is 23.2 Å². The van der Waals surface area contributed by atoms with Crippen LogP contribution in [-0.2, 0) is 20.5 Å². The summed E-state index contributed by atoms with van der Waals surface area (Å²) in [5.41, 5.74) is 4.23. The van der Waals surface area contributed by atoms with Crippen LogP contribution in [0.25, 0.3) is 33.4 Å². The van der Waals surface area contributed by atoms with Gasteiger partial charge in [0.15, 0.2) is 5.65 Å². The molecule has 2 atom stereocenters. The minimum absolute atomic E-state index is 0.0617. The molecule has 16 heteroatoms. The number of urea groups is 1. The molecule has 0 bridgehead atoms. The highest BCUT2D eigenvalue weighted by molar-refractivity contribution is 6.39. The third-order valence-electron chi connectivity index (χ3n) is 10.7. The van der Waals surface area contributed by atoms with E-state index in [1.54, 1.807) is 25.1 Å². The molecule has 0 saturated carbocycles. The van der Waals surface area contributed by atoms with E-state index in [4.69, 9.17) is 32.9 Å². The molecule has 2 unspecified atom stereocenters. The van der Waals surface area contributed by atoms with E-state index in [1.165, 1.54) is 17.9 Å². The smallest absolute Gasteiger partial charge is 0.332 e. The molecule has 274 valence electrons. The summed E-state index contributed by atoms with van der Waals surface area (Å²) in [6.07, 6.45) is 3.85. The summed E-state index contributed by atoms with van der Waals surface area (Å²) in [6, 6.07) is 13.2. The van der Waals surface area contributed by atoms with Gasteiger partial charge in [0.1, 0.15) is 17.5 Å². The Morgan fingerprint density at radius 1 is 1.02 bits per heavy atom. The number of aromatic nitrogens is 5. The molecule has 8 rings (SSSR count). The second-order valence-corrected chi connectivity index (χ2v) is 14.6. The number of carbonyl (C=O) groups excluding carboxylic acids is 1. The molecule has 0 radical (unpaired) electrons. The van der Waals surface area contributed by atoms with Crippen LogP contribution in [0, 0.1) is 0 Å². The topological polar surface area (TPSA) is 160 Å². The average molecular weight is 759 g/mol. The third kappa shape index (κ3) is 5.80. The number of aryl methyl sites for hydroxylation is 2. The Kier molecular flexibility index (Phi) is 8.88. The number of β-amino-alcohol motifs (C(OH)–C–C–N with tert-alkyl or cyclic N) is 1. The first-order valence-electron chi connectivity index (χ1n) is 17.3. The highest BCUT2D eigenvalue weighted by Gasteiger charge is 2.49. The van der Waals surface area contributed by atoms with Crippen molar-refractivity contribution in [3.8, 4) is 28.3 Å². The fraction of sp³-hybridized carbons (Fsp3) is 0.351. The summed E-state index contributed by atoms with van der Waals surface area (Å²) in [4.78, 5) is 55.8. The Morgan fingerprint density at radius 3 is 2.55 bits per heavy atom. The quantitative estimate of drug-likeness (QED) is 0.209. The molecule has 2 fully saturated rings. The molecule has 1 spiro atoms. The van der Waals surface area contributed by atoms with Gasteiger partial charge in [-0.15, -0.1) is 0 Å². The van der Waals surface area contributed by atoms with Crippen molar-refractivity contribution < 1.29 is 14.6 Å². The van der Waals surface area contributed by atoms with Crippen molar-refractivity contribution in [2.24, 2.45) is 14.1 Å². The van der Waals surface area contributed by atoms with E-state index < -0.39 is 11.2 Å². The molecule has 3 N–H and O–H groups in total. The van der Waals surface area contributed by atoms with Crippen LogP contribution in [0.4, 0.5) is 16.3 Å². The molecule has 2 aliphatic heterocycles. The number of methoxy groups -OCH3 is 1. The number of hydrogen-bond acceptors (Lipinski definition) is 10. The zero-order chi connectivity index (χ0) is 37.2. The lowest BCUT2D eigenvalue weighted by Gasteiger charge is -2.28. The largest absolute Gasteiger partial charge is 0.481 e. The van der Waals surface area contributed by atoms with E-state index in [9.17, 15) is 19.5 Å². The van der Waals surface area contributed by atoms with E-state index in [-0.39, 0.29) is 41.1 Å². The zero-order valence-corrected chi connectivity index (χ0v) is 30.8. The second-order valence-electron chi connectivity index (χ2n) is 13.8. The lowest BCUT2D eigenvalue weighted by Crippen LogP contribution is -2.46. The predicted octanol–water partition coefficient (Wildman–Crippen LogP) is 4.26. The molecular formula is C37H37Cl2N9O5. The summed E-state index contributed by atoms with van der Waals surface area (Å²) in [5, 5.41) is 16.7. The number of anilines is 2. The third-order valence-corrected chi connectivity index (χ3v) is 11.5. The van der Waals surface area contributed by atoms with Gasteiger partial charge in [-0.1, -0.05) is 53.5 Å². The molecule has 5 aromatic rings. The van der Waals surface area contributed by atoms with Crippen LogP contribution in [0.5, 0.6) is 5.88 Å². The highest BCUT2D eigenvalue weighted by atomic mass is 35.5. The molecule has 2 amide bonds. The standard InChI is InChI=1S/C37H37Cl2N9O5/c1-45-32-28(34(50)46(2)36(45)52)31(40-19-41-32)42-24-9-5-7-22(30(24)39)21-6-4-8-23(29(21)38)25-16-20-10-11-26(27(20)33(43-25)53-3)47-13-12-37(17-47)18-48(14-15-49)35(51)44-37/h4-9,16,19,26,49H,10-15,17-18H2,1-3H3,(H,44,51)(H,40,41,42). The van der Waals surface area contributed by atoms with Crippen molar-refractivity contribution in [2.45, 2.75) is 30.8 Å². The van der Waals surface area contributed by atoms with E-state index >= 15 is 0 Å². The van der Waals surface area contributed by atoms with Crippen molar-refractivity contribution in [2.75, 3.05) is 45.2 Å². The highest BCUT2D eigenvalue weighted by Crippen LogP contribution is 2.47. The fourth-order valence-corrected chi connectivity index (χ4v) is 8.72. The molecule has 2 saturated heterocycles. The van der Waals surface area contributed by atoms with Crippen molar-refractivity contribution in [3.63, 3.8) is 0 Å². The fourth-order valence-electron chi connectivity index (χ4n) is 8.12. The summed E-state index contributed by atoms with van der Waals surface area (Å²) in [6.45, 7) is 2.38. The van der Waals surface area contributed by atoms with Crippen LogP contribution in [-0.4, -0.2) is 90.5 Å². The maximum absolute atomic E-state index is 13.1. The van der Waals surface area contributed by atoms with E-state index in [0.29, 0.717) is 63.6 Å². The summed E-state index contributed by atoms with van der Waals surface area (Å²) in [7, 11) is 4.58. The van der Waals surface area contributed by atoms with E-state index in [0.717, 1.165) is 41.5 Å². The number of pyridine rings is 1. The van der Waals surface area contributed by atoms with Crippen LogP contribution in [0.2, 0.25) is 10.0 Å². The van der Waals surface area contributed by atoms with Crippen molar-refractivity contribution in [1.82, 2.24) is 39.2 Å². The number of halogens is 2. The Labute approximate surface area is 314 Å².